The highest BCUT2D eigenvalue weighted by molar-refractivity contribution is 7.89. The van der Waals surface area contributed by atoms with E-state index in [9.17, 15) is 8.42 Å². The zero-order valence-electron chi connectivity index (χ0n) is 11.6. The van der Waals surface area contributed by atoms with E-state index in [2.05, 4.69) is 9.97 Å². The Hall–Kier alpha value is -1.86. The molecule has 6 nitrogen and oxygen atoms in total. The van der Waals surface area contributed by atoms with Crippen LogP contribution in [0.15, 0.2) is 35.5 Å². The standard InChI is InChI=1S/C13H17N3O3S/c1-10-4-5-11(19-3)12(8-10)20(17,18)16(2)9-13-14-6-7-15-13/h4-8H,9H2,1-3H3,(H,14,15). The van der Waals surface area contributed by atoms with Crippen LogP contribution in [0.5, 0.6) is 5.75 Å². The van der Waals surface area contributed by atoms with Gasteiger partial charge in [-0.15, -0.1) is 0 Å². The molecular weight excluding hydrogens is 278 g/mol. The molecule has 0 saturated heterocycles. The summed E-state index contributed by atoms with van der Waals surface area (Å²) >= 11 is 0. The molecule has 0 atom stereocenters. The van der Waals surface area contributed by atoms with Crippen molar-refractivity contribution in [2.75, 3.05) is 14.2 Å². The second kappa shape index (κ2) is 5.64. The number of sulfonamides is 1. The molecule has 2 rings (SSSR count). The first-order valence-electron chi connectivity index (χ1n) is 6.04. The summed E-state index contributed by atoms with van der Waals surface area (Å²) in [7, 11) is -0.664. The van der Waals surface area contributed by atoms with Crippen LogP contribution in [0.25, 0.3) is 0 Å². The van der Waals surface area contributed by atoms with E-state index in [1.54, 1.807) is 24.5 Å². The van der Waals surface area contributed by atoms with E-state index in [-0.39, 0.29) is 11.4 Å². The summed E-state index contributed by atoms with van der Waals surface area (Å²) in [5.74, 6) is 0.921. The molecule has 0 aliphatic rings. The summed E-state index contributed by atoms with van der Waals surface area (Å²) in [6.07, 6.45) is 3.24. The molecule has 2 aromatic rings. The summed E-state index contributed by atoms with van der Waals surface area (Å²) < 4.78 is 31.6. The number of rotatable bonds is 5. The second-order valence-electron chi connectivity index (χ2n) is 4.45. The van der Waals surface area contributed by atoms with Crippen LogP contribution < -0.4 is 4.74 Å². The summed E-state index contributed by atoms with van der Waals surface area (Å²) in [6, 6.07) is 5.07. The number of nitrogens with zero attached hydrogens (tertiary/aromatic N) is 2. The average molecular weight is 295 g/mol. The van der Waals surface area contributed by atoms with Crippen molar-refractivity contribution in [2.24, 2.45) is 0 Å². The van der Waals surface area contributed by atoms with Crippen LogP contribution in [0.2, 0.25) is 0 Å². The molecule has 0 unspecified atom stereocenters. The highest BCUT2D eigenvalue weighted by atomic mass is 32.2. The third-order valence-electron chi connectivity index (χ3n) is 2.93. The first-order chi connectivity index (χ1) is 9.45. The molecule has 1 N–H and O–H groups in total. The lowest BCUT2D eigenvalue weighted by Gasteiger charge is -2.18. The maximum Gasteiger partial charge on any atom is 0.246 e. The van der Waals surface area contributed by atoms with Gasteiger partial charge < -0.3 is 9.72 Å². The van der Waals surface area contributed by atoms with Gasteiger partial charge in [-0.1, -0.05) is 6.07 Å². The van der Waals surface area contributed by atoms with E-state index < -0.39 is 10.0 Å². The van der Waals surface area contributed by atoms with Gasteiger partial charge in [0.2, 0.25) is 10.0 Å². The lowest BCUT2D eigenvalue weighted by molar-refractivity contribution is 0.396. The Bertz CT molecular complexity index is 681. The van der Waals surface area contributed by atoms with Gasteiger partial charge in [-0.25, -0.2) is 13.4 Å². The minimum absolute atomic E-state index is 0.161. The van der Waals surface area contributed by atoms with Crippen molar-refractivity contribution in [2.45, 2.75) is 18.4 Å². The number of H-pyrrole nitrogens is 1. The van der Waals surface area contributed by atoms with Gasteiger partial charge in [0.15, 0.2) is 0 Å². The first-order valence-corrected chi connectivity index (χ1v) is 7.48. The number of aromatic amines is 1. The third-order valence-corrected chi connectivity index (χ3v) is 4.76. The summed E-state index contributed by atoms with van der Waals surface area (Å²) in [6.45, 7) is 2.01. The number of methoxy groups -OCH3 is 1. The molecule has 0 saturated carbocycles. The van der Waals surface area contributed by atoms with Crippen molar-refractivity contribution >= 4 is 10.0 Å². The van der Waals surface area contributed by atoms with Crippen molar-refractivity contribution in [3.63, 3.8) is 0 Å². The average Bonchev–Trinajstić information content (AvgIpc) is 2.91. The maximum atomic E-state index is 12.6. The van der Waals surface area contributed by atoms with Crippen LogP contribution in [0.4, 0.5) is 0 Å². The number of aryl methyl sites for hydroxylation is 1. The molecule has 0 fully saturated rings. The molecule has 7 heteroatoms. The van der Waals surface area contributed by atoms with E-state index in [0.29, 0.717) is 11.6 Å². The normalized spacial score (nSPS) is 11.8. The molecule has 1 aromatic carbocycles. The topological polar surface area (TPSA) is 75.3 Å². The molecule has 0 aliphatic carbocycles. The number of ether oxygens (including phenoxy) is 1. The number of hydrogen-bond donors (Lipinski definition) is 1. The van der Waals surface area contributed by atoms with E-state index in [4.69, 9.17) is 4.74 Å². The van der Waals surface area contributed by atoms with Gasteiger partial charge in [-0.05, 0) is 24.6 Å². The highest BCUT2D eigenvalue weighted by Gasteiger charge is 2.25. The van der Waals surface area contributed by atoms with Crippen LogP contribution in [0, 0.1) is 6.92 Å². The Morgan fingerprint density at radius 2 is 2.15 bits per heavy atom. The summed E-state index contributed by atoms with van der Waals surface area (Å²) in [5.41, 5.74) is 0.857. The number of benzene rings is 1. The molecule has 0 radical (unpaired) electrons. The Morgan fingerprint density at radius 3 is 2.75 bits per heavy atom. The lowest BCUT2D eigenvalue weighted by Crippen LogP contribution is -2.27. The van der Waals surface area contributed by atoms with Gasteiger partial charge in [0.25, 0.3) is 0 Å². The molecule has 1 heterocycles. The zero-order valence-corrected chi connectivity index (χ0v) is 12.4. The van der Waals surface area contributed by atoms with Gasteiger partial charge in [-0.3, -0.25) is 0 Å². The Balaban J connectivity index is 2.36. The largest absolute Gasteiger partial charge is 0.495 e. The van der Waals surface area contributed by atoms with Gasteiger partial charge in [0.1, 0.15) is 16.5 Å². The van der Waals surface area contributed by atoms with Crippen molar-refractivity contribution in [1.82, 2.24) is 14.3 Å². The molecule has 20 heavy (non-hydrogen) atoms. The van der Waals surface area contributed by atoms with Gasteiger partial charge >= 0.3 is 0 Å². The fourth-order valence-electron chi connectivity index (χ4n) is 1.83. The summed E-state index contributed by atoms with van der Waals surface area (Å²) in [4.78, 5) is 7.07. The van der Waals surface area contributed by atoms with Gasteiger partial charge in [0.05, 0.1) is 13.7 Å². The number of nitrogens with one attached hydrogen (secondary N) is 1. The quantitative estimate of drug-likeness (QED) is 0.908. The Labute approximate surface area is 118 Å². The first kappa shape index (κ1) is 14.5. The minimum atomic E-state index is -3.63. The predicted octanol–water partition coefficient (Wildman–Crippen LogP) is 1.55. The maximum absolute atomic E-state index is 12.6. The fourth-order valence-corrected chi connectivity index (χ4v) is 3.20. The van der Waals surface area contributed by atoms with Crippen molar-refractivity contribution in [3.05, 3.63) is 42.0 Å². The van der Waals surface area contributed by atoms with Crippen LogP contribution >= 0.6 is 0 Å². The van der Waals surface area contributed by atoms with Crippen molar-refractivity contribution < 1.29 is 13.2 Å². The lowest BCUT2D eigenvalue weighted by atomic mass is 10.2. The van der Waals surface area contributed by atoms with E-state index in [0.717, 1.165) is 5.56 Å². The SMILES string of the molecule is COc1ccc(C)cc1S(=O)(=O)N(C)Cc1ncc[nH]1. The van der Waals surface area contributed by atoms with Crippen molar-refractivity contribution in [3.8, 4) is 5.75 Å². The van der Waals surface area contributed by atoms with E-state index >= 15 is 0 Å². The molecule has 0 bridgehead atoms. The number of hydrogen-bond acceptors (Lipinski definition) is 4. The Morgan fingerprint density at radius 1 is 1.40 bits per heavy atom. The summed E-state index contributed by atoms with van der Waals surface area (Å²) in [5, 5.41) is 0. The predicted molar refractivity (Wildman–Crippen MR) is 75.0 cm³/mol. The van der Waals surface area contributed by atoms with Crippen molar-refractivity contribution in [1.29, 1.82) is 0 Å². The van der Waals surface area contributed by atoms with Crippen LogP contribution in [-0.4, -0.2) is 36.8 Å². The zero-order chi connectivity index (χ0) is 14.8. The van der Waals surface area contributed by atoms with E-state index in [1.807, 2.05) is 13.0 Å². The minimum Gasteiger partial charge on any atom is -0.495 e. The number of aromatic nitrogens is 2. The van der Waals surface area contributed by atoms with Crippen LogP contribution in [0.3, 0.4) is 0 Å². The van der Waals surface area contributed by atoms with Gasteiger partial charge in [-0.2, -0.15) is 4.31 Å². The monoisotopic (exact) mass is 295 g/mol. The second-order valence-corrected chi connectivity index (χ2v) is 6.46. The third kappa shape index (κ3) is 2.83. The molecule has 0 amide bonds. The van der Waals surface area contributed by atoms with Crippen LogP contribution in [0.1, 0.15) is 11.4 Å². The highest BCUT2D eigenvalue weighted by Crippen LogP contribution is 2.27. The smallest absolute Gasteiger partial charge is 0.246 e. The Kier molecular flexibility index (Phi) is 4.10. The molecule has 108 valence electrons. The van der Waals surface area contributed by atoms with E-state index in [1.165, 1.54) is 18.5 Å². The number of imidazole rings is 1. The molecule has 0 spiro atoms. The van der Waals surface area contributed by atoms with Gasteiger partial charge in [0, 0.05) is 19.4 Å². The fraction of sp³-hybridized carbons (Fsp3) is 0.308. The molecule has 1 aromatic heterocycles. The molecule has 0 aliphatic heterocycles. The molecular formula is C13H17N3O3S. The van der Waals surface area contributed by atoms with Crippen LogP contribution in [-0.2, 0) is 16.6 Å².